The quantitative estimate of drug-likeness (QED) is 0.274. The Kier molecular flexibility index (Phi) is 8.89. The number of anilines is 2. The van der Waals surface area contributed by atoms with Crippen LogP contribution >= 0.6 is 24.0 Å². The first-order valence-corrected chi connectivity index (χ1v) is 7.28. The maximum atomic E-state index is 5.89. The minimum absolute atomic E-state index is 0. The fraction of sp³-hybridized carbons (Fsp3) is 0.235. The van der Waals surface area contributed by atoms with Gasteiger partial charge in [-0.25, -0.2) is 0 Å². The number of hydrogen-bond acceptors (Lipinski definition) is 3. The van der Waals surface area contributed by atoms with E-state index in [-0.39, 0.29) is 24.0 Å². The second kappa shape index (κ2) is 10.7. The number of guanidine groups is 1. The normalized spacial score (nSPS) is 10.6. The van der Waals surface area contributed by atoms with Crippen molar-refractivity contribution < 1.29 is 4.74 Å². The monoisotopic (exact) mass is 426 g/mol. The number of nitrogens with two attached hydrogens (primary N) is 1. The zero-order valence-corrected chi connectivity index (χ0v) is 15.5. The minimum atomic E-state index is 0. The fourth-order valence-corrected chi connectivity index (χ4v) is 1.99. The van der Waals surface area contributed by atoms with Gasteiger partial charge in [0, 0.05) is 18.8 Å². The van der Waals surface area contributed by atoms with Gasteiger partial charge in [-0.1, -0.05) is 30.3 Å². The van der Waals surface area contributed by atoms with Gasteiger partial charge in [0.25, 0.3) is 0 Å². The topological polar surface area (TPSA) is 71.7 Å². The van der Waals surface area contributed by atoms with Gasteiger partial charge in [-0.15, -0.1) is 24.0 Å². The summed E-state index contributed by atoms with van der Waals surface area (Å²) in [7, 11) is 1.63. The fourth-order valence-electron chi connectivity index (χ4n) is 1.99. The number of ether oxygens (including phenoxy) is 1. The molecule has 0 bridgehead atoms. The summed E-state index contributed by atoms with van der Waals surface area (Å²) in [6.45, 7) is 1.52. The van der Waals surface area contributed by atoms with Crippen molar-refractivity contribution in [3.05, 3.63) is 54.6 Å². The molecular weight excluding hydrogens is 403 g/mol. The second-order valence-corrected chi connectivity index (χ2v) is 4.74. The summed E-state index contributed by atoms with van der Waals surface area (Å²) in [5.41, 5.74) is 7.82. The van der Waals surface area contributed by atoms with Gasteiger partial charge in [0.15, 0.2) is 5.96 Å². The Morgan fingerprint density at radius 1 is 1.09 bits per heavy atom. The summed E-state index contributed by atoms with van der Waals surface area (Å²) in [5, 5.41) is 6.39. The van der Waals surface area contributed by atoms with E-state index in [1.807, 2.05) is 54.6 Å². The first-order chi connectivity index (χ1) is 10.8. The highest BCUT2D eigenvalue weighted by molar-refractivity contribution is 14.0. The zero-order chi connectivity index (χ0) is 15.6. The highest BCUT2D eigenvalue weighted by atomic mass is 127. The van der Waals surface area contributed by atoms with Crippen molar-refractivity contribution in [2.45, 2.75) is 6.42 Å². The molecule has 0 amide bonds. The van der Waals surface area contributed by atoms with Crippen LogP contribution in [-0.2, 0) is 0 Å². The molecule has 0 aliphatic heterocycles. The van der Waals surface area contributed by atoms with Gasteiger partial charge >= 0.3 is 0 Å². The van der Waals surface area contributed by atoms with Crippen LogP contribution < -0.4 is 21.1 Å². The van der Waals surface area contributed by atoms with Gasteiger partial charge in [-0.2, -0.15) is 0 Å². The molecule has 0 aliphatic rings. The predicted molar refractivity (Wildman–Crippen MR) is 108 cm³/mol. The Morgan fingerprint density at radius 3 is 2.52 bits per heavy atom. The molecule has 4 N–H and O–H groups in total. The number of para-hydroxylation sites is 3. The van der Waals surface area contributed by atoms with Crippen LogP contribution in [0.4, 0.5) is 11.4 Å². The molecule has 0 radical (unpaired) electrons. The Bertz CT molecular complexity index is 605. The molecule has 0 aliphatic carbocycles. The van der Waals surface area contributed by atoms with Crippen LogP contribution in [0.1, 0.15) is 6.42 Å². The minimum Gasteiger partial charge on any atom is -0.495 e. The van der Waals surface area contributed by atoms with Crippen LogP contribution in [0.3, 0.4) is 0 Å². The molecule has 0 saturated carbocycles. The van der Waals surface area contributed by atoms with Gasteiger partial charge in [-0.3, -0.25) is 4.99 Å². The molecule has 0 saturated heterocycles. The van der Waals surface area contributed by atoms with E-state index in [4.69, 9.17) is 10.5 Å². The summed E-state index contributed by atoms with van der Waals surface area (Å²) in [6, 6.07) is 17.7. The van der Waals surface area contributed by atoms with E-state index in [9.17, 15) is 0 Å². The number of hydrogen-bond donors (Lipinski definition) is 3. The van der Waals surface area contributed by atoms with E-state index < -0.39 is 0 Å². The molecule has 124 valence electrons. The standard InChI is InChI=1S/C17H22N4O.HI/c1-22-16-11-6-5-10-15(16)21-17(18)20-13-7-12-19-14-8-3-2-4-9-14;/h2-6,8-11,19H,7,12-13H2,1H3,(H3,18,20,21);1H. The number of nitrogens with one attached hydrogen (secondary N) is 2. The molecule has 0 heterocycles. The van der Waals surface area contributed by atoms with Gasteiger partial charge in [0.1, 0.15) is 5.75 Å². The van der Waals surface area contributed by atoms with Crippen LogP contribution in [0.5, 0.6) is 5.75 Å². The lowest BCUT2D eigenvalue weighted by Crippen LogP contribution is -2.23. The lowest BCUT2D eigenvalue weighted by atomic mass is 10.3. The number of benzene rings is 2. The largest absolute Gasteiger partial charge is 0.495 e. The maximum Gasteiger partial charge on any atom is 0.193 e. The Labute approximate surface area is 154 Å². The van der Waals surface area contributed by atoms with Crippen molar-refractivity contribution in [1.82, 2.24) is 0 Å². The summed E-state index contributed by atoms with van der Waals surface area (Å²) in [5.74, 6) is 1.13. The van der Waals surface area contributed by atoms with Crippen LogP contribution in [0.25, 0.3) is 0 Å². The molecule has 0 atom stereocenters. The van der Waals surface area contributed by atoms with E-state index in [1.165, 1.54) is 0 Å². The predicted octanol–water partition coefficient (Wildman–Crippen LogP) is 3.54. The highest BCUT2D eigenvalue weighted by Gasteiger charge is 2.01. The molecule has 0 fully saturated rings. The number of aliphatic imine (C=N–C) groups is 1. The van der Waals surface area contributed by atoms with Crippen LogP contribution in [-0.4, -0.2) is 26.2 Å². The summed E-state index contributed by atoms with van der Waals surface area (Å²) >= 11 is 0. The van der Waals surface area contributed by atoms with Gasteiger partial charge in [-0.05, 0) is 30.7 Å². The molecule has 0 aromatic heterocycles. The molecule has 2 aromatic rings. The van der Waals surface area contributed by atoms with Crippen LogP contribution in [0.15, 0.2) is 59.6 Å². The van der Waals surface area contributed by atoms with Crippen molar-refractivity contribution >= 4 is 41.3 Å². The van der Waals surface area contributed by atoms with E-state index in [0.29, 0.717) is 12.5 Å². The van der Waals surface area contributed by atoms with Gasteiger partial charge in [0.2, 0.25) is 0 Å². The van der Waals surface area contributed by atoms with E-state index in [0.717, 1.165) is 30.1 Å². The molecule has 0 spiro atoms. The second-order valence-electron chi connectivity index (χ2n) is 4.74. The van der Waals surface area contributed by atoms with Gasteiger partial charge < -0.3 is 21.1 Å². The molecule has 0 unspecified atom stereocenters. The van der Waals surface area contributed by atoms with Crippen molar-refractivity contribution in [2.75, 3.05) is 30.8 Å². The lowest BCUT2D eigenvalue weighted by molar-refractivity contribution is 0.417. The van der Waals surface area contributed by atoms with Crippen molar-refractivity contribution in [3.8, 4) is 5.75 Å². The molecule has 2 aromatic carbocycles. The zero-order valence-electron chi connectivity index (χ0n) is 13.2. The average molecular weight is 426 g/mol. The van der Waals surface area contributed by atoms with Crippen LogP contribution in [0.2, 0.25) is 0 Å². The summed E-state index contributed by atoms with van der Waals surface area (Å²) < 4.78 is 5.26. The van der Waals surface area contributed by atoms with Crippen molar-refractivity contribution in [3.63, 3.8) is 0 Å². The lowest BCUT2D eigenvalue weighted by Gasteiger charge is -2.10. The van der Waals surface area contributed by atoms with Crippen LogP contribution in [0, 0.1) is 0 Å². The molecule has 2 rings (SSSR count). The third-order valence-electron chi connectivity index (χ3n) is 3.09. The van der Waals surface area contributed by atoms with Gasteiger partial charge in [0.05, 0.1) is 12.8 Å². The third-order valence-corrected chi connectivity index (χ3v) is 3.09. The van der Waals surface area contributed by atoms with Crippen molar-refractivity contribution in [2.24, 2.45) is 10.7 Å². The molecular formula is C17H23IN4O. The summed E-state index contributed by atoms with van der Waals surface area (Å²) in [6.07, 6.45) is 0.906. The van der Waals surface area contributed by atoms with Crippen molar-refractivity contribution in [1.29, 1.82) is 0 Å². The highest BCUT2D eigenvalue weighted by Crippen LogP contribution is 2.22. The molecule has 23 heavy (non-hydrogen) atoms. The maximum absolute atomic E-state index is 5.89. The number of halogens is 1. The Hall–Kier alpha value is -1.96. The Morgan fingerprint density at radius 2 is 1.78 bits per heavy atom. The summed E-state index contributed by atoms with van der Waals surface area (Å²) in [4.78, 5) is 4.31. The molecule has 5 nitrogen and oxygen atoms in total. The number of rotatable bonds is 7. The third kappa shape index (κ3) is 6.77. The smallest absolute Gasteiger partial charge is 0.193 e. The Balaban J connectivity index is 0.00000264. The first-order valence-electron chi connectivity index (χ1n) is 7.28. The number of methoxy groups -OCH3 is 1. The van der Waals surface area contributed by atoms with E-state index in [1.54, 1.807) is 7.11 Å². The first kappa shape index (κ1) is 19.1. The number of nitrogens with zero attached hydrogens (tertiary/aromatic N) is 1. The average Bonchev–Trinajstić information content (AvgIpc) is 2.56. The van der Waals surface area contributed by atoms with E-state index in [2.05, 4.69) is 15.6 Å². The van der Waals surface area contributed by atoms with E-state index >= 15 is 0 Å². The SMILES string of the molecule is COc1ccccc1NC(N)=NCCCNc1ccccc1.I. The molecule has 6 heteroatoms.